The highest BCUT2D eigenvalue weighted by atomic mass is 16.1. The van der Waals surface area contributed by atoms with Crippen molar-refractivity contribution in [1.82, 2.24) is 15.3 Å². The molecule has 2 N–H and O–H groups in total. The Labute approximate surface area is 161 Å². The molecule has 2 aromatic rings. The Balaban J connectivity index is 1.53. The first-order chi connectivity index (χ1) is 12.9. The van der Waals surface area contributed by atoms with Gasteiger partial charge in [0.15, 0.2) is 0 Å². The SMILES string of the molecule is Cc1cccc(C(=O)NC2CCC(Nc3cc(N(C)C)nc(C)n3)CC2)c1. The number of hydrogen-bond donors (Lipinski definition) is 2. The summed E-state index contributed by atoms with van der Waals surface area (Å²) in [5.41, 5.74) is 1.84. The second-order valence-corrected chi connectivity index (χ2v) is 7.59. The Morgan fingerprint density at radius 1 is 1.04 bits per heavy atom. The fraction of sp³-hybridized carbons (Fsp3) is 0.476. The van der Waals surface area contributed by atoms with Gasteiger partial charge in [-0.1, -0.05) is 17.7 Å². The van der Waals surface area contributed by atoms with Crippen molar-refractivity contribution in [2.45, 2.75) is 51.6 Å². The summed E-state index contributed by atoms with van der Waals surface area (Å²) in [4.78, 5) is 23.4. The van der Waals surface area contributed by atoms with Crippen LogP contribution in [0.15, 0.2) is 30.3 Å². The number of aryl methyl sites for hydroxylation is 2. The molecule has 1 aliphatic carbocycles. The molecule has 0 spiro atoms. The molecule has 1 saturated carbocycles. The van der Waals surface area contributed by atoms with Gasteiger partial charge in [0.25, 0.3) is 5.91 Å². The molecule has 6 heteroatoms. The van der Waals surface area contributed by atoms with Crippen LogP contribution in [0, 0.1) is 13.8 Å². The molecule has 0 aliphatic heterocycles. The fourth-order valence-electron chi connectivity index (χ4n) is 3.50. The van der Waals surface area contributed by atoms with Crippen molar-refractivity contribution in [1.29, 1.82) is 0 Å². The van der Waals surface area contributed by atoms with Crippen molar-refractivity contribution in [3.63, 3.8) is 0 Å². The second kappa shape index (κ2) is 8.37. The number of anilines is 2. The number of amides is 1. The molecular weight excluding hydrogens is 338 g/mol. The summed E-state index contributed by atoms with van der Waals surface area (Å²) in [6, 6.07) is 10.3. The van der Waals surface area contributed by atoms with Gasteiger partial charge in [-0.3, -0.25) is 4.79 Å². The number of carbonyl (C=O) groups is 1. The van der Waals surface area contributed by atoms with E-state index in [4.69, 9.17) is 0 Å². The number of benzene rings is 1. The first kappa shape index (κ1) is 19.1. The van der Waals surface area contributed by atoms with Gasteiger partial charge in [0, 0.05) is 37.8 Å². The van der Waals surface area contributed by atoms with E-state index < -0.39 is 0 Å². The largest absolute Gasteiger partial charge is 0.367 e. The van der Waals surface area contributed by atoms with E-state index in [-0.39, 0.29) is 11.9 Å². The Bertz CT molecular complexity index is 797. The third-order valence-corrected chi connectivity index (χ3v) is 4.98. The molecule has 1 aliphatic rings. The van der Waals surface area contributed by atoms with E-state index >= 15 is 0 Å². The lowest BCUT2D eigenvalue weighted by atomic mass is 9.91. The maximum Gasteiger partial charge on any atom is 0.251 e. The monoisotopic (exact) mass is 367 g/mol. The second-order valence-electron chi connectivity index (χ2n) is 7.59. The summed E-state index contributed by atoms with van der Waals surface area (Å²) >= 11 is 0. The van der Waals surface area contributed by atoms with Crippen LogP contribution in [-0.2, 0) is 0 Å². The van der Waals surface area contributed by atoms with Crippen LogP contribution in [0.5, 0.6) is 0 Å². The lowest BCUT2D eigenvalue weighted by molar-refractivity contribution is 0.0926. The summed E-state index contributed by atoms with van der Waals surface area (Å²) in [6.45, 7) is 3.92. The smallest absolute Gasteiger partial charge is 0.251 e. The molecule has 1 amide bonds. The molecule has 27 heavy (non-hydrogen) atoms. The van der Waals surface area contributed by atoms with Crippen molar-refractivity contribution in [3.8, 4) is 0 Å². The van der Waals surface area contributed by atoms with Crippen LogP contribution in [0.2, 0.25) is 0 Å². The predicted molar refractivity (Wildman–Crippen MR) is 109 cm³/mol. The normalized spacial score (nSPS) is 19.4. The lowest BCUT2D eigenvalue weighted by Crippen LogP contribution is -2.40. The van der Waals surface area contributed by atoms with Gasteiger partial charge in [-0.2, -0.15) is 0 Å². The minimum atomic E-state index is 0.0251. The molecule has 1 aromatic heterocycles. The number of carbonyl (C=O) groups excluding carboxylic acids is 1. The summed E-state index contributed by atoms with van der Waals surface area (Å²) in [6.07, 6.45) is 3.97. The third kappa shape index (κ3) is 5.18. The van der Waals surface area contributed by atoms with E-state index in [2.05, 4.69) is 20.6 Å². The van der Waals surface area contributed by atoms with Gasteiger partial charge in [0.05, 0.1) is 0 Å². The van der Waals surface area contributed by atoms with E-state index in [1.807, 2.05) is 63.2 Å². The summed E-state index contributed by atoms with van der Waals surface area (Å²) in [5, 5.41) is 6.72. The van der Waals surface area contributed by atoms with Gasteiger partial charge in [-0.25, -0.2) is 9.97 Å². The highest BCUT2D eigenvalue weighted by Crippen LogP contribution is 2.23. The van der Waals surface area contributed by atoms with Crippen molar-refractivity contribution in [2.24, 2.45) is 0 Å². The number of aromatic nitrogens is 2. The van der Waals surface area contributed by atoms with E-state index in [1.54, 1.807) is 0 Å². The van der Waals surface area contributed by atoms with Crippen molar-refractivity contribution >= 4 is 17.5 Å². The van der Waals surface area contributed by atoms with Crippen molar-refractivity contribution in [2.75, 3.05) is 24.3 Å². The zero-order valence-corrected chi connectivity index (χ0v) is 16.6. The number of hydrogen-bond acceptors (Lipinski definition) is 5. The number of rotatable bonds is 5. The van der Waals surface area contributed by atoms with Crippen LogP contribution < -0.4 is 15.5 Å². The number of nitrogens with one attached hydrogen (secondary N) is 2. The van der Waals surface area contributed by atoms with Crippen LogP contribution in [0.25, 0.3) is 0 Å². The number of nitrogens with zero attached hydrogens (tertiary/aromatic N) is 3. The van der Waals surface area contributed by atoms with E-state index in [9.17, 15) is 4.79 Å². The quantitative estimate of drug-likeness (QED) is 0.848. The standard InChI is InChI=1S/C21H29N5O/c1-14-6-5-7-16(12-14)21(27)25-18-10-8-17(9-11-18)24-19-13-20(26(3)4)23-15(2)22-19/h5-7,12-13,17-18H,8-11H2,1-4H3,(H,25,27)(H,22,23,24). The Morgan fingerprint density at radius 2 is 1.74 bits per heavy atom. The Morgan fingerprint density at radius 3 is 2.41 bits per heavy atom. The highest BCUT2D eigenvalue weighted by molar-refractivity contribution is 5.94. The lowest BCUT2D eigenvalue weighted by Gasteiger charge is -2.30. The van der Waals surface area contributed by atoms with Gasteiger partial charge >= 0.3 is 0 Å². The summed E-state index contributed by atoms with van der Waals surface area (Å²) in [5.74, 6) is 2.57. The topological polar surface area (TPSA) is 70.2 Å². The molecule has 1 fully saturated rings. The van der Waals surface area contributed by atoms with Crippen LogP contribution in [0.3, 0.4) is 0 Å². The van der Waals surface area contributed by atoms with E-state index in [0.29, 0.717) is 6.04 Å². The maximum absolute atomic E-state index is 12.4. The molecule has 1 heterocycles. The van der Waals surface area contributed by atoms with E-state index in [1.165, 1.54) is 0 Å². The molecule has 144 valence electrons. The average molecular weight is 367 g/mol. The van der Waals surface area contributed by atoms with Gasteiger partial charge < -0.3 is 15.5 Å². The molecule has 1 aromatic carbocycles. The van der Waals surface area contributed by atoms with Crippen LogP contribution >= 0.6 is 0 Å². The fourth-order valence-corrected chi connectivity index (χ4v) is 3.50. The maximum atomic E-state index is 12.4. The van der Waals surface area contributed by atoms with Crippen LogP contribution in [-0.4, -0.2) is 42.1 Å². The molecule has 0 saturated heterocycles. The summed E-state index contributed by atoms with van der Waals surface area (Å²) < 4.78 is 0. The molecule has 6 nitrogen and oxygen atoms in total. The summed E-state index contributed by atoms with van der Waals surface area (Å²) in [7, 11) is 3.96. The molecule has 0 unspecified atom stereocenters. The van der Waals surface area contributed by atoms with Crippen molar-refractivity contribution in [3.05, 3.63) is 47.3 Å². The Hall–Kier alpha value is -2.63. The predicted octanol–water partition coefficient (Wildman–Crippen LogP) is 3.31. The van der Waals surface area contributed by atoms with Gasteiger partial charge in [-0.05, 0) is 51.7 Å². The first-order valence-electron chi connectivity index (χ1n) is 9.58. The van der Waals surface area contributed by atoms with Crippen LogP contribution in [0.1, 0.15) is 47.4 Å². The highest BCUT2D eigenvalue weighted by Gasteiger charge is 2.23. The molecular formula is C21H29N5O. The molecule has 0 radical (unpaired) electrons. The van der Waals surface area contributed by atoms with Gasteiger partial charge in [-0.15, -0.1) is 0 Å². The zero-order valence-electron chi connectivity index (χ0n) is 16.6. The molecule has 3 rings (SSSR count). The van der Waals surface area contributed by atoms with Gasteiger partial charge in [0.1, 0.15) is 17.5 Å². The van der Waals surface area contributed by atoms with Gasteiger partial charge in [0.2, 0.25) is 0 Å². The average Bonchev–Trinajstić information content (AvgIpc) is 2.63. The van der Waals surface area contributed by atoms with Crippen molar-refractivity contribution < 1.29 is 4.79 Å². The van der Waals surface area contributed by atoms with Crippen LogP contribution in [0.4, 0.5) is 11.6 Å². The Kier molecular flexibility index (Phi) is 5.94. The third-order valence-electron chi connectivity index (χ3n) is 4.98. The molecule has 0 bridgehead atoms. The zero-order chi connectivity index (χ0) is 19.4. The first-order valence-corrected chi connectivity index (χ1v) is 9.58. The molecule has 0 atom stereocenters. The minimum absolute atomic E-state index is 0.0251. The van der Waals surface area contributed by atoms with E-state index in [0.717, 1.165) is 54.3 Å². The minimum Gasteiger partial charge on any atom is -0.367 e.